The van der Waals surface area contributed by atoms with Gasteiger partial charge in [0.2, 0.25) is 0 Å². The lowest BCUT2D eigenvalue weighted by Crippen LogP contribution is -2.03. The number of nitrogen functional groups attached to an aromatic ring is 1. The molecule has 0 spiro atoms. The summed E-state index contributed by atoms with van der Waals surface area (Å²) in [7, 11) is 0. The molecule has 0 saturated heterocycles. The fourth-order valence-electron chi connectivity index (χ4n) is 3.70. The maximum atomic E-state index is 6.13. The second kappa shape index (κ2) is 15.9. The predicted octanol–water partition coefficient (Wildman–Crippen LogP) is 9.48. The van der Waals surface area contributed by atoms with Crippen molar-refractivity contribution in [1.82, 2.24) is 14.5 Å². The zero-order valence-corrected chi connectivity index (χ0v) is 23.9. The largest absolute Gasteiger partial charge is 0.384 e. The number of para-hydroxylation sites is 2. The molecule has 0 bridgehead atoms. The lowest BCUT2D eigenvalue weighted by molar-refractivity contribution is 1.05. The quantitative estimate of drug-likeness (QED) is 0.234. The van der Waals surface area contributed by atoms with Crippen LogP contribution in [0.25, 0.3) is 39.0 Å². The van der Waals surface area contributed by atoms with Gasteiger partial charge in [-0.2, -0.15) is 0 Å². The summed E-state index contributed by atoms with van der Waals surface area (Å²) in [4.78, 5) is 10.3. The average Bonchev–Trinajstić information content (AvgIpc) is 3.33. The van der Waals surface area contributed by atoms with Gasteiger partial charge in [-0.1, -0.05) is 120 Å². The first-order valence-corrected chi connectivity index (χ1v) is 14.1. The highest BCUT2D eigenvalue weighted by molar-refractivity contribution is 8.02. The summed E-state index contributed by atoms with van der Waals surface area (Å²) < 4.78 is 2.15. The van der Waals surface area contributed by atoms with Gasteiger partial charge in [-0.05, 0) is 29.4 Å². The molecular formula is C33H38N4S. The summed E-state index contributed by atoms with van der Waals surface area (Å²) in [6, 6.07) is 28.4. The second-order valence-corrected chi connectivity index (χ2v) is 8.41. The molecule has 0 aliphatic carbocycles. The van der Waals surface area contributed by atoms with E-state index in [-0.39, 0.29) is 0 Å². The molecule has 2 aromatic heterocycles. The number of rotatable bonds is 5. The normalized spacial score (nSPS) is 10.0. The van der Waals surface area contributed by atoms with Crippen molar-refractivity contribution in [2.45, 2.75) is 27.7 Å². The SMILES string of the molecule is C=C/C=C\C(=C)SC.CC.CC.Nc1cc(-n2c3ccccc3c3ccccc32)nc(-c2ccccc2)n1. The van der Waals surface area contributed by atoms with Crippen molar-refractivity contribution >= 4 is 39.4 Å². The van der Waals surface area contributed by atoms with Gasteiger partial charge in [0.25, 0.3) is 0 Å². The molecule has 38 heavy (non-hydrogen) atoms. The Morgan fingerprint density at radius 2 is 1.34 bits per heavy atom. The Bertz CT molecular complexity index is 1430. The predicted molar refractivity (Wildman–Crippen MR) is 171 cm³/mol. The third-order valence-corrected chi connectivity index (χ3v) is 5.91. The van der Waals surface area contributed by atoms with Crippen molar-refractivity contribution in [1.29, 1.82) is 0 Å². The molecule has 0 amide bonds. The van der Waals surface area contributed by atoms with Gasteiger partial charge in [-0.3, -0.25) is 4.57 Å². The van der Waals surface area contributed by atoms with Gasteiger partial charge < -0.3 is 5.73 Å². The number of anilines is 1. The molecule has 4 nitrogen and oxygen atoms in total. The van der Waals surface area contributed by atoms with Crippen LogP contribution in [0.5, 0.6) is 0 Å². The van der Waals surface area contributed by atoms with E-state index in [0.717, 1.165) is 27.3 Å². The topological polar surface area (TPSA) is 56.7 Å². The molecule has 3 aromatic carbocycles. The molecule has 5 rings (SSSR count). The molecule has 0 aliphatic heterocycles. The molecule has 0 radical (unpaired) electrons. The first kappa shape index (κ1) is 30.1. The number of nitrogens with zero attached hydrogens (tertiary/aromatic N) is 3. The van der Waals surface area contributed by atoms with Gasteiger partial charge in [0, 0.05) is 22.4 Å². The van der Waals surface area contributed by atoms with Crippen LogP contribution in [0, 0.1) is 0 Å². The molecule has 5 heteroatoms. The summed E-state index contributed by atoms with van der Waals surface area (Å²) in [6.07, 6.45) is 7.54. The number of fused-ring (bicyclic) bond motifs is 3. The van der Waals surface area contributed by atoms with E-state index >= 15 is 0 Å². The maximum Gasteiger partial charge on any atom is 0.163 e. The number of aromatic nitrogens is 3. The summed E-state index contributed by atoms with van der Waals surface area (Å²) in [6.45, 7) is 15.3. The average molecular weight is 523 g/mol. The smallest absolute Gasteiger partial charge is 0.163 e. The van der Waals surface area contributed by atoms with Gasteiger partial charge in [0.15, 0.2) is 5.82 Å². The van der Waals surface area contributed by atoms with Crippen LogP contribution in [0.4, 0.5) is 5.82 Å². The molecule has 0 aliphatic rings. The molecule has 2 heterocycles. The monoisotopic (exact) mass is 522 g/mol. The first-order chi connectivity index (χ1) is 18.6. The number of benzene rings is 3. The van der Waals surface area contributed by atoms with E-state index in [9.17, 15) is 0 Å². The van der Waals surface area contributed by atoms with Gasteiger partial charge in [-0.25, -0.2) is 9.97 Å². The molecule has 5 aromatic rings. The Balaban J connectivity index is 0.000000363. The third-order valence-electron chi connectivity index (χ3n) is 5.25. The molecule has 196 valence electrons. The Hall–Kier alpha value is -4.09. The number of nitrogens with two attached hydrogens (primary N) is 1. The maximum absolute atomic E-state index is 6.13. The highest BCUT2D eigenvalue weighted by atomic mass is 32.2. The summed E-state index contributed by atoms with van der Waals surface area (Å²) in [5.41, 5.74) is 9.28. The molecule has 0 saturated carbocycles. The van der Waals surface area contributed by atoms with Crippen molar-refractivity contribution < 1.29 is 0 Å². The summed E-state index contributed by atoms with van der Waals surface area (Å²) in [5, 5.41) is 2.39. The van der Waals surface area contributed by atoms with E-state index in [4.69, 9.17) is 10.7 Å². The summed E-state index contributed by atoms with van der Waals surface area (Å²) >= 11 is 1.64. The third kappa shape index (κ3) is 7.46. The van der Waals surface area contributed by atoms with Crippen molar-refractivity contribution in [2.75, 3.05) is 12.0 Å². The van der Waals surface area contributed by atoms with Crippen LogP contribution >= 0.6 is 11.8 Å². The minimum atomic E-state index is 0.454. The van der Waals surface area contributed by atoms with Crippen LogP contribution in [-0.4, -0.2) is 20.8 Å². The number of allylic oxidation sites excluding steroid dienone is 3. The molecule has 0 fully saturated rings. The molecule has 0 atom stereocenters. The second-order valence-electron chi connectivity index (χ2n) is 7.48. The minimum Gasteiger partial charge on any atom is -0.384 e. The van der Waals surface area contributed by atoms with Gasteiger partial charge in [0.1, 0.15) is 11.6 Å². The van der Waals surface area contributed by atoms with Crippen molar-refractivity contribution in [3.05, 3.63) is 121 Å². The highest BCUT2D eigenvalue weighted by Gasteiger charge is 2.14. The van der Waals surface area contributed by atoms with Crippen LogP contribution in [-0.2, 0) is 0 Å². The highest BCUT2D eigenvalue weighted by Crippen LogP contribution is 2.32. The van der Waals surface area contributed by atoms with Crippen molar-refractivity contribution in [3.8, 4) is 17.2 Å². The summed E-state index contributed by atoms with van der Waals surface area (Å²) in [5.74, 6) is 1.85. The van der Waals surface area contributed by atoms with Crippen LogP contribution < -0.4 is 5.73 Å². The van der Waals surface area contributed by atoms with Crippen molar-refractivity contribution in [2.24, 2.45) is 0 Å². The van der Waals surface area contributed by atoms with Gasteiger partial charge >= 0.3 is 0 Å². The minimum absolute atomic E-state index is 0.454. The Morgan fingerprint density at radius 1 is 0.816 bits per heavy atom. The molecular weight excluding hydrogens is 484 g/mol. The fraction of sp³-hybridized carbons (Fsp3) is 0.152. The lowest BCUT2D eigenvalue weighted by Gasteiger charge is -2.10. The number of hydrogen-bond acceptors (Lipinski definition) is 4. The van der Waals surface area contributed by atoms with Crippen LogP contribution in [0.1, 0.15) is 27.7 Å². The first-order valence-electron chi connectivity index (χ1n) is 12.8. The van der Waals surface area contributed by atoms with E-state index in [2.05, 4.69) is 59.1 Å². The fourth-order valence-corrected chi connectivity index (χ4v) is 3.91. The van der Waals surface area contributed by atoms with E-state index in [1.54, 1.807) is 17.8 Å². The van der Waals surface area contributed by atoms with Crippen LogP contribution in [0.3, 0.4) is 0 Å². The van der Waals surface area contributed by atoms with E-state index in [0.29, 0.717) is 11.6 Å². The van der Waals surface area contributed by atoms with E-state index < -0.39 is 0 Å². The van der Waals surface area contributed by atoms with Gasteiger partial charge in [0.05, 0.1) is 11.0 Å². The zero-order chi connectivity index (χ0) is 27.9. The lowest BCUT2D eigenvalue weighted by atomic mass is 10.2. The van der Waals surface area contributed by atoms with Crippen LogP contribution in [0.15, 0.2) is 121 Å². The van der Waals surface area contributed by atoms with E-state index in [1.807, 2.05) is 94.6 Å². The Labute approximate surface area is 231 Å². The Morgan fingerprint density at radius 3 is 1.87 bits per heavy atom. The molecule has 0 unspecified atom stereocenters. The molecule has 2 N–H and O–H groups in total. The van der Waals surface area contributed by atoms with E-state index in [1.165, 1.54) is 10.8 Å². The Kier molecular flexibility index (Phi) is 12.6. The number of hydrogen-bond donors (Lipinski definition) is 1. The van der Waals surface area contributed by atoms with Crippen molar-refractivity contribution in [3.63, 3.8) is 0 Å². The zero-order valence-electron chi connectivity index (χ0n) is 23.1. The standard InChI is InChI=1S/C22H16N4.C7H10S.2C2H6/c23-20-14-21(25-22(24-20)15-8-2-1-3-9-15)26-18-12-6-4-10-16(18)17-11-5-7-13-19(17)26;1-4-5-6-7(2)8-3;2*1-2/h1-14H,(H2,23,24,25);4-6H,1-2H2,3H3;2*1-2H3/b;6-5-;;. The van der Waals surface area contributed by atoms with Gasteiger partial charge in [-0.15, -0.1) is 11.8 Å². The van der Waals surface area contributed by atoms with Crippen LogP contribution in [0.2, 0.25) is 0 Å². The number of thioether (sulfide) groups is 1.